The predicted molar refractivity (Wildman–Crippen MR) is 172 cm³/mol. The zero-order valence-electron chi connectivity index (χ0n) is 24.5. The molecule has 0 radical (unpaired) electrons. The van der Waals surface area contributed by atoms with Crippen LogP contribution < -0.4 is 9.62 Å². The molecule has 224 valence electrons. The second-order valence-electron chi connectivity index (χ2n) is 10.5. The topological polar surface area (TPSA) is 86.8 Å². The number of halogens is 1. The van der Waals surface area contributed by atoms with Gasteiger partial charge in [-0.25, -0.2) is 8.42 Å². The van der Waals surface area contributed by atoms with E-state index in [9.17, 15) is 18.0 Å². The molecule has 0 saturated heterocycles. The van der Waals surface area contributed by atoms with Crippen LogP contribution in [0.25, 0.3) is 0 Å². The minimum atomic E-state index is -4.15. The molecule has 7 nitrogen and oxygen atoms in total. The van der Waals surface area contributed by atoms with Gasteiger partial charge in [-0.05, 0) is 52.9 Å². The van der Waals surface area contributed by atoms with Gasteiger partial charge in [0.05, 0.1) is 10.6 Å². The molecule has 4 rings (SSSR count). The lowest BCUT2D eigenvalue weighted by atomic mass is 10.0. The average Bonchev–Trinajstić information content (AvgIpc) is 3.02. The Kier molecular flexibility index (Phi) is 10.6. The van der Waals surface area contributed by atoms with E-state index in [0.717, 1.165) is 15.4 Å². The van der Waals surface area contributed by atoms with Crippen LogP contribution in [0.4, 0.5) is 5.69 Å². The van der Waals surface area contributed by atoms with Crippen molar-refractivity contribution in [2.75, 3.05) is 17.9 Å². The fourth-order valence-electron chi connectivity index (χ4n) is 4.80. The van der Waals surface area contributed by atoms with Crippen molar-refractivity contribution in [2.24, 2.45) is 0 Å². The number of carbonyl (C=O) groups excluding carboxylic acids is 2. The van der Waals surface area contributed by atoms with Gasteiger partial charge in [-0.2, -0.15) is 0 Å². The number of carbonyl (C=O) groups is 2. The maximum atomic E-state index is 14.3. The van der Waals surface area contributed by atoms with Crippen LogP contribution in [0.5, 0.6) is 0 Å². The first-order valence-corrected chi connectivity index (χ1v) is 15.9. The summed E-state index contributed by atoms with van der Waals surface area (Å²) in [6.45, 7) is 3.59. The van der Waals surface area contributed by atoms with Crippen LogP contribution in [0.1, 0.15) is 36.5 Å². The SMILES string of the molecule is CNC(=O)[C@@H](Cc1ccccc1)N(Cc1ccccc1Cl)C(=O)CN(c1ccc(C(C)C)cc1)S(=O)(=O)c1ccccc1. The number of benzene rings is 4. The number of amides is 2. The van der Waals surface area contributed by atoms with Gasteiger partial charge in [-0.1, -0.05) is 104 Å². The molecule has 0 heterocycles. The van der Waals surface area contributed by atoms with Crippen molar-refractivity contribution in [3.8, 4) is 0 Å². The van der Waals surface area contributed by atoms with Gasteiger partial charge in [-0.3, -0.25) is 13.9 Å². The lowest BCUT2D eigenvalue weighted by molar-refractivity contribution is -0.139. The number of hydrogen-bond acceptors (Lipinski definition) is 4. The Morgan fingerprint density at radius 1 is 0.814 bits per heavy atom. The Hall–Kier alpha value is -4.14. The maximum Gasteiger partial charge on any atom is 0.264 e. The van der Waals surface area contributed by atoms with Crippen LogP contribution >= 0.6 is 11.6 Å². The van der Waals surface area contributed by atoms with Crippen molar-refractivity contribution < 1.29 is 18.0 Å². The summed E-state index contributed by atoms with van der Waals surface area (Å²) in [5.74, 6) is -0.674. The number of nitrogens with one attached hydrogen (secondary N) is 1. The monoisotopic (exact) mass is 617 g/mol. The van der Waals surface area contributed by atoms with E-state index >= 15 is 0 Å². The molecular weight excluding hydrogens is 582 g/mol. The normalized spacial score (nSPS) is 12.0. The smallest absolute Gasteiger partial charge is 0.264 e. The van der Waals surface area contributed by atoms with Crippen LogP contribution in [0.15, 0.2) is 114 Å². The Morgan fingerprint density at radius 2 is 1.40 bits per heavy atom. The molecule has 4 aromatic rings. The van der Waals surface area contributed by atoms with E-state index in [4.69, 9.17) is 11.6 Å². The molecule has 0 aromatic heterocycles. The zero-order valence-corrected chi connectivity index (χ0v) is 26.1. The lowest BCUT2D eigenvalue weighted by Gasteiger charge is -2.33. The van der Waals surface area contributed by atoms with E-state index in [-0.39, 0.29) is 29.7 Å². The molecule has 0 fully saturated rings. The van der Waals surface area contributed by atoms with Crippen LogP contribution in [0, 0.1) is 0 Å². The van der Waals surface area contributed by atoms with E-state index < -0.39 is 28.5 Å². The second kappa shape index (κ2) is 14.4. The summed E-state index contributed by atoms with van der Waals surface area (Å²) in [5, 5.41) is 3.12. The van der Waals surface area contributed by atoms with Gasteiger partial charge in [0.2, 0.25) is 11.8 Å². The summed E-state index contributed by atoms with van der Waals surface area (Å²) in [6.07, 6.45) is 0.227. The van der Waals surface area contributed by atoms with Gasteiger partial charge in [0.1, 0.15) is 12.6 Å². The summed E-state index contributed by atoms with van der Waals surface area (Å²) in [5.41, 5.74) is 2.87. The van der Waals surface area contributed by atoms with E-state index in [1.807, 2.05) is 42.5 Å². The van der Waals surface area contributed by atoms with E-state index in [0.29, 0.717) is 16.3 Å². The maximum absolute atomic E-state index is 14.3. The third kappa shape index (κ3) is 7.83. The highest BCUT2D eigenvalue weighted by Gasteiger charge is 2.34. The Bertz CT molecular complexity index is 1630. The second-order valence-corrected chi connectivity index (χ2v) is 12.8. The Balaban J connectivity index is 1.79. The summed E-state index contributed by atoms with van der Waals surface area (Å²) in [7, 11) is -2.63. The lowest BCUT2D eigenvalue weighted by Crippen LogP contribution is -2.53. The number of nitrogens with zero attached hydrogens (tertiary/aromatic N) is 2. The van der Waals surface area contributed by atoms with E-state index in [1.54, 1.807) is 54.6 Å². The summed E-state index contributed by atoms with van der Waals surface area (Å²) in [4.78, 5) is 29.2. The fraction of sp³-hybridized carbons (Fsp3) is 0.235. The molecule has 0 aliphatic carbocycles. The van der Waals surface area contributed by atoms with E-state index in [2.05, 4.69) is 19.2 Å². The van der Waals surface area contributed by atoms with Crippen molar-refractivity contribution >= 4 is 39.1 Å². The average molecular weight is 618 g/mol. The third-order valence-electron chi connectivity index (χ3n) is 7.27. The van der Waals surface area contributed by atoms with Gasteiger partial charge < -0.3 is 10.2 Å². The minimum absolute atomic E-state index is 0.00887. The molecule has 0 spiro atoms. The fourth-order valence-corrected chi connectivity index (χ4v) is 6.44. The number of rotatable bonds is 12. The summed E-state index contributed by atoms with van der Waals surface area (Å²) >= 11 is 6.50. The van der Waals surface area contributed by atoms with Crippen molar-refractivity contribution in [3.05, 3.63) is 131 Å². The Labute approximate surface area is 259 Å². The van der Waals surface area contributed by atoms with Gasteiger partial charge in [0.25, 0.3) is 10.0 Å². The molecule has 0 aliphatic heterocycles. The predicted octanol–water partition coefficient (Wildman–Crippen LogP) is 6.04. The quantitative estimate of drug-likeness (QED) is 0.210. The molecule has 0 aliphatic rings. The molecule has 2 amide bonds. The number of hydrogen-bond donors (Lipinski definition) is 1. The van der Waals surface area contributed by atoms with Gasteiger partial charge in [0.15, 0.2) is 0 Å². The summed E-state index contributed by atoms with van der Waals surface area (Å²) in [6, 6.07) is 30.7. The molecule has 1 N–H and O–H groups in total. The third-order valence-corrected chi connectivity index (χ3v) is 9.43. The van der Waals surface area contributed by atoms with Crippen LogP contribution in [-0.4, -0.2) is 44.8 Å². The highest BCUT2D eigenvalue weighted by atomic mass is 35.5. The molecule has 1 atom stereocenters. The van der Waals surface area contributed by atoms with Crippen molar-refractivity contribution in [1.82, 2.24) is 10.2 Å². The first kappa shape index (κ1) is 31.8. The number of likely N-dealkylation sites (N-methyl/N-ethyl adjacent to an activating group) is 1. The van der Waals surface area contributed by atoms with Crippen LogP contribution in [0.2, 0.25) is 5.02 Å². The molecule has 4 aromatic carbocycles. The van der Waals surface area contributed by atoms with Gasteiger partial charge in [0, 0.05) is 25.0 Å². The van der Waals surface area contributed by atoms with Gasteiger partial charge >= 0.3 is 0 Å². The molecule has 9 heteroatoms. The summed E-state index contributed by atoms with van der Waals surface area (Å²) < 4.78 is 29.2. The van der Waals surface area contributed by atoms with Crippen LogP contribution in [-0.2, 0) is 32.6 Å². The minimum Gasteiger partial charge on any atom is -0.357 e. The van der Waals surface area contributed by atoms with E-state index in [1.165, 1.54) is 24.1 Å². The molecule has 43 heavy (non-hydrogen) atoms. The highest BCUT2D eigenvalue weighted by Crippen LogP contribution is 2.27. The Morgan fingerprint density at radius 3 is 1.98 bits per heavy atom. The van der Waals surface area contributed by atoms with Crippen molar-refractivity contribution in [1.29, 1.82) is 0 Å². The standard InChI is InChI=1S/C34H36ClN3O4S/c1-25(2)27-18-20-29(21-19-27)38(43(41,42)30-15-8-5-9-16-30)24-33(39)37(23-28-14-10-11-17-31(28)35)32(34(40)36-3)22-26-12-6-4-7-13-26/h4-21,25,32H,22-24H2,1-3H3,(H,36,40)/t32-/m1/s1. The van der Waals surface area contributed by atoms with Crippen molar-refractivity contribution in [3.63, 3.8) is 0 Å². The van der Waals surface area contributed by atoms with Crippen LogP contribution in [0.3, 0.4) is 0 Å². The number of anilines is 1. The zero-order chi connectivity index (χ0) is 31.0. The molecule has 0 bridgehead atoms. The molecular formula is C34H36ClN3O4S. The van der Waals surface area contributed by atoms with Gasteiger partial charge in [-0.15, -0.1) is 0 Å². The van der Waals surface area contributed by atoms with Crippen molar-refractivity contribution in [2.45, 2.75) is 43.7 Å². The first-order valence-electron chi connectivity index (χ1n) is 14.1. The number of sulfonamides is 1. The highest BCUT2D eigenvalue weighted by molar-refractivity contribution is 7.92. The first-order chi connectivity index (χ1) is 20.6. The molecule has 0 unspecified atom stereocenters. The molecule has 0 saturated carbocycles. The largest absolute Gasteiger partial charge is 0.357 e.